The minimum Gasteiger partial charge on any atom is -0.371 e. The van der Waals surface area contributed by atoms with Crippen LogP contribution in [-0.2, 0) is 14.8 Å². The van der Waals surface area contributed by atoms with Gasteiger partial charge in [-0.1, -0.05) is 41.9 Å². The summed E-state index contributed by atoms with van der Waals surface area (Å²) in [5.74, 6) is 0. The van der Waals surface area contributed by atoms with Crippen LogP contribution in [0.2, 0.25) is 5.02 Å². The van der Waals surface area contributed by atoms with Crippen molar-refractivity contribution in [3.05, 3.63) is 64.2 Å². The van der Waals surface area contributed by atoms with Gasteiger partial charge in [0.1, 0.15) is 0 Å². The summed E-state index contributed by atoms with van der Waals surface area (Å²) >= 11 is 6.23. The highest BCUT2D eigenvalue weighted by Gasteiger charge is 2.33. The average molecular weight is 366 g/mol. The van der Waals surface area contributed by atoms with Gasteiger partial charge in [-0.25, -0.2) is 8.42 Å². The van der Waals surface area contributed by atoms with E-state index in [0.717, 1.165) is 16.7 Å². The molecule has 3 rings (SSSR count). The van der Waals surface area contributed by atoms with Gasteiger partial charge in [-0.15, -0.1) is 0 Å². The molecule has 1 atom stereocenters. The zero-order chi connectivity index (χ0) is 17.3. The summed E-state index contributed by atoms with van der Waals surface area (Å²) in [6.45, 7) is 4.67. The van der Waals surface area contributed by atoms with Crippen molar-refractivity contribution in [2.24, 2.45) is 0 Å². The first kappa shape index (κ1) is 17.4. The maximum atomic E-state index is 13.1. The van der Waals surface area contributed by atoms with E-state index < -0.39 is 10.0 Å². The third-order valence-electron chi connectivity index (χ3n) is 4.24. The van der Waals surface area contributed by atoms with E-state index in [1.807, 2.05) is 44.2 Å². The summed E-state index contributed by atoms with van der Waals surface area (Å²) < 4.78 is 33.4. The molecule has 0 spiro atoms. The number of morpholine rings is 1. The van der Waals surface area contributed by atoms with Gasteiger partial charge in [0.25, 0.3) is 0 Å². The van der Waals surface area contributed by atoms with E-state index in [2.05, 4.69) is 0 Å². The van der Waals surface area contributed by atoms with E-state index in [1.165, 1.54) is 4.31 Å². The fraction of sp³-hybridized carbons (Fsp3) is 0.333. The smallest absolute Gasteiger partial charge is 0.243 e. The molecule has 2 aromatic rings. The normalized spacial score (nSPS) is 19.4. The van der Waals surface area contributed by atoms with E-state index in [4.69, 9.17) is 16.3 Å². The number of sulfonamides is 1. The lowest BCUT2D eigenvalue weighted by Crippen LogP contribution is -2.42. The van der Waals surface area contributed by atoms with Gasteiger partial charge >= 0.3 is 0 Å². The van der Waals surface area contributed by atoms with Crippen molar-refractivity contribution in [1.82, 2.24) is 4.31 Å². The molecule has 1 aliphatic heterocycles. The van der Waals surface area contributed by atoms with Crippen LogP contribution >= 0.6 is 11.6 Å². The number of hydrogen-bond acceptors (Lipinski definition) is 3. The third-order valence-corrected chi connectivity index (χ3v) is 6.59. The Labute approximate surface area is 148 Å². The van der Waals surface area contributed by atoms with Gasteiger partial charge in [0, 0.05) is 23.7 Å². The molecule has 1 unspecified atom stereocenters. The highest BCUT2D eigenvalue weighted by Crippen LogP contribution is 2.31. The first-order valence-electron chi connectivity index (χ1n) is 7.83. The van der Waals surface area contributed by atoms with Gasteiger partial charge < -0.3 is 4.74 Å². The highest BCUT2D eigenvalue weighted by atomic mass is 35.5. The number of benzene rings is 2. The standard InChI is InChI=1S/C18H20ClNO3S/c1-13-7-8-14(2)18(11-13)24(21,22)20-9-10-23-17(12-20)15-5-3-4-6-16(15)19/h3-8,11,17H,9-10,12H2,1-2H3. The molecule has 0 N–H and O–H groups in total. The Balaban J connectivity index is 1.92. The van der Waals surface area contributed by atoms with Gasteiger partial charge in [0.2, 0.25) is 10.0 Å². The lowest BCUT2D eigenvalue weighted by Gasteiger charge is -2.33. The molecule has 1 heterocycles. The Morgan fingerprint density at radius 2 is 1.92 bits per heavy atom. The van der Waals surface area contributed by atoms with Gasteiger partial charge in [-0.2, -0.15) is 4.31 Å². The molecule has 0 aromatic heterocycles. The maximum Gasteiger partial charge on any atom is 0.243 e. The Morgan fingerprint density at radius 3 is 2.67 bits per heavy atom. The molecular weight excluding hydrogens is 346 g/mol. The van der Waals surface area contributed by atoms with Gasteiger partial charge in [0.15, 0.2) is 0 Å². The summed E-state index contributed by atoms with van der Waals surface area (Å²) in [6.07, 6.45) is -0.354. The highest BCUT2D eigenvalue weighted by molar-refractivity contribution is 7.89. The van der Waals surface area contributed by atoms with Crippen LogP contribution in [0.5, 0.6) is 0 Å². The molecule has 0 aliphatic carbocycles. The quantitative estimate of drug-likeness (QED) is 0.832. The largest absolute Gasteiger partial charge is 0.371 e. The lowest BCUT2D eigenvalue weighted by molar-refractivity contribution is -0.00250. The number of hydrogen-bond donors (Lipinski definition) is 0. The van der Waals surface area contributed by atoms with Crippen molar-refractivity contribution in [2.45, 2.75) is 24.8 Å². The van der Waals surface area contributed by atoms with Crippen LogP contribution in [0.4, 0.5) is 0 Å². The molecule has 0 saturated carbocycles. The van der Waals surface area contributed by atoms with Crippen molar-refractivity contribution in [2.75, 3.05) is 19.7 Å². The number of halogens is 1. The Kier molecular flexibility index (Phi) is 4.97. The summed E-state index contributed by atoms with van der Waals surface area (Å²) in [7, 11) is -3.56. The van der Waals surface area contributed by atoms with E-state index in [0.29, 0.717) is 23.1 Å². The molecule has 1 fully saturated rings. The summed E-state index contributed by atoms with van der Waals surface area (Å²) in [5, 5.41) is 0.591. The molecule has 4 nitrogen and oxygen atoms in total. The van der Waals surface area contributed by atoms with Crippen LogP contribution in [0, 0.1) is 13.8 Å². The van der Waals surface area contributed by atoms with Crippen molar-refractivity contribution in [3.8, 4) is 0 Å². The number of rotatable bonds is 3. The van der Waals surface area contributed by atoms with Crippen LogP contribution in [-0.4, -0.2) is 32.4 Å². The minimum atomic E-state index is -3.56. The van der Waals surface area contributed by atoms with E-state index in [-0.39, 0.29) is 12.6 Å². The number of ether oxygens (including phenoxy) is 1. The summed E-state index contributed by atoms with van der Waals surface area (Å²) in [6, 6.07) is 12.9. The van der Waals surface area contributed by atoms with Crippen LogP contribution in [0.3, 0.4) is 0 Å². The summed E-state index contributed by atoms with van der Waals surface area (Å²) in [4.78, 5) is 0.363. The van der Waals surface area contributed by atoms with Crippen molar-refractivity contribution in [3.63, 3.8) is 0 Å². The lowest BCUT2D eigenvalue weighted by atomic mass is 10.1. The van der Waals surface area contributed by atoms with Crippen LogP contribution in [0.1, 0.15) is 22.8 Å². The molecule has 0 bridgehead atoms. The zero-order valence-corrected chi connectivity index (χ0v) is 15.3. The molecule has 1 aliphatic rings. The first-order chi connectivity index (χ1) is 11.4. The van der Waals surface area contributed by atoms with Crippen LogP contribution in [0.15, 0.2) is 47.4 Å². The van der Waals surface area contributed by atoms with Crippen LogP contribution in [0.25, 0.3) is 0 Å². The van der Waals surface area contributed by atoms with E-state index in [1.54, 1.807) is 12.1 Å². The molecule has 128 valence electrons. The molecule has 1 saturated heterocycles. The van der Waals surface area contributed by atoms with Gasteiger partial charge in [-0.3, -0.25) is 0 Å². The number of nitrogens with zero attached hydrogens (tertiary/aromatic N) is 1. The minimum absolute atomic E-state index is 0.263. The fourth-order valence-corrected chi connectivity index (χ4v) is 4.88. The number of aryl methyl sites for hydroxylation is 2. The van der Waals surface area contributed by atoms with E-state index >= 15 is 0 Å². The monoisotopic (exact) mass is 365 g/mol. The molecular formula is C18H20ClNO3S. The summed E-state index contributed by atoms with van der Waals surface area (Å²) in [5.41, 5.74) is 2.50. The predicted molar refractivity (Wildman–Crippen MR) is 94.8 cm³/mol. The second-order valence-electron chi connectivity index (χ2n) is 6.01. The van der Waals surface area contributed by atoms with Crippen molar-refractivity contribution in [1.29, 1.82) is 0 Å². The first-order valence-corrected chi connectivity index (χ1v) is 9.65. The molecule has 0 amide bonds. The van der Waals surface area contributed by atoms with Crippen molar-refractivity contribution < 1.29 is 13.2 Å². The fourth-order valence-electron chi connectivity index (χ4n) is 2.89. The Bertz CT molecular complexity index is 851. The van der Waals surface area contributed by atoms with Crippen molar-refractivity contribution >= 4 is 21.6 Å². The topological polar surface area (TPSA) is 46.6 Å². The predicted octanol–water partition coefficient (Wildman–Crippen LogP) is 3.72. The second kappa shape index (κ2) is 6.84. The van der Waals surface area contributed by atoms with Gasteiger partial charge in [0.05, 0.1) is 17.6 Å². The van der Waals surface area contributed by atoms with E-state index in [9.17, 15) is 8.42 Å². The molecule has 0 radical (unpaired) electrons. The third kappa shape index (κ3) is 3.35. The van der Waals surface area contributed by atoms with Gasteiger partial charge in [-0.05, 0) is 37.1 Å². The molecule has 6 heteroatoms. The maximum absolute atomic E-state index is 13.1. The molecule has 24 heavy (non-hydrogen) atoms. The Morgan fingerprint density at radius 1 is 1.17 bits per heavy atom. The molecule has 2 aromatic carbocycles. The van der Waals surface area contributed by atoms with Crippen LogP contribution < -0.4 is 0 Å². The Hall–Kier alpha value is -1.40. The SMILES string of the molecule is Cc1ccc(C)c(S(=O)(=O)N2CCOC(c3ccccc3Cl)C2)c1. The zero-order valence-electron chi connectivity index (χ0n) is 13.7. The average Bonchev–Trinajstić information content (AvgIpc) is 2.57. The second-order valence-corrected chi connectivity index (χ2v) is 8.33.